The van der Waals surface area contributed by atoms with Gasteiger partial charge in [0.25, 0.3) is 0 Å². The van der Waals surface area contributed by atoms with E-state index < -0.39 is 0 Å². The molecule has 0 aliphatic carbocycles. The van der Waals surface area contributed by atoms with E-state index in [4.69, 9.17) is 9.47 Å². The van der Waals surface area contributed by atoms with E-state index in [1.165, 1.54) is 23.8 Å². The van der Waals surface area contributed by atoms with Gasteiger partial charge in [-0.2, -0.15) is 22.9 Å². The summed E-state index contributed by atoms with van der Waals surface area (Å²) in [5, 5.41) is 1.86. The number of hydrogen-bond donors (Lipinski definition) is 0. The average molecular weight is 850 g/mol. The predicted molar refractivity (Wildman–Crippen MR) is 188 cm³/mol. The summed E-state index contributed by atoms with van der Waals surface area (Å²) in [4.78, 5) is 22.0. The minimum absolute atomic E-state index is 0. The first-order chi connectivity index (χ1) is 24.1. The van der Waals surface area contributed by atoms with Crippen molar-refractivity contribution in [2.45, 2.75) is 26.7 Å². The quantitative estimate of drug-likeness (QED) is 0.106. The molecule has 4 aromatic carbocycles. The van der Waals surface area contributed by atoms with Crippen LogP contribution in [0, 0.1) is 24.3 Å². The Bertz CT molecular complexity index is 2300. The van der Waals surface area contributed by atoms with Gasteiger partial charge in [0.2, 0.25) is 5.95 Å². The number of rotatable bonds is 9. The fourth-order valence-electron chi connectivity index (χ4n) is 5.73. The minimum atomic E-state index is 0. The first-order valence-corrected chi connectivity index (χ1v) is 16.0. The summed E-state index contributed by atoms with van der Waals surface area (Å²) in [6, 6.07) is 41.1. The van der Waals surface area contributed by atoms with Gasteiger partial charge in [0, 0.05) is 35.4 Å². The molecule has 0 amide bonds. The maximum Gasteiger partial charge on any atom is 2.00 e. The molecule has 51 heavy (non-hydrogen) atoms. The Morgan fingerprint density at radius 2 is 1.02 bits per heavy atom. The van der Waals surface area contributed by atoms with Crippen molar-refractivity contribution in [2.75, 3.05) is 0 Å². The zero-order valence-corrected chi connectivity index (χ0v) is 30.5. The molecule has 0 aliphatic rings. The van der Waals surface area contributed by atoms with Crippen LogP contribution in [0.15, 0.2) is 110 Å². The molecule has 0 atom stereocenters. The van der Waals surface area contributed by atoms with E-state index in [1.54, 1.807) is 0 Å². The zero-order chi connectivity index (χ0) is 33.2. The third kappa shape index (κ3) is 7.51. The number of hydrogen-bond acceptors (Lipinski definition) is 7. The van der Waals surface area contributed by atoms with E-state index in [-0.39, 0.29) is 40.8 Å². The topological polar surface area (TPSA) is 87.8 Å². The molecule has 0 spiro atoms. The summed E-state index contributed by atoms with van der Waals surface area (Å²) < 4.78 is 14.5. The molecule has 8 aromatic rings. The monoisotopic (exact) mass is 848 g/mol. The van der Waals surface area contributed by atoms with Crippen molar-refractivity contribution in [1.82, 2.24) is 29.5 Å². The van der Waals surface area contributed by atoms with E-state index >= 15 is 0 Å². The van der Waals surface area contributed by atoms with Gasteiger partial charge in [-0.3, -0.25) is 0 Å². The third-order valence-electron chi connectivity index (χ3n) is 8.21. The van der Waals surface area contributed by atoms with Crippen molar-refractivity contribution in [2.24, 2.45) is 0 Å². The van der Waals surface area contributed by atoms with Crippen molar-refractivity contribution in [3.63, 3.8) is 0 Å². The maximum atomic E-state index is 6.31. The second-order valence-corrected chi connectivity index (χ2v) is 11.3. The fraction of sp³-hybridized carbons (Fsp3) is 0.0976. The van der Waals surface area contributed by atoms with Gasteiger partial charge in [-0.05, 0) is 36.4 Å². The van der Waals surface area contributed by atoms with Crippen LogP contribution in [0.1, 0.15) is 25.0 Å². The Hall–Kier alpha value is -5.09. The Labute approximate surface area is 323 Å². The molecule has 254 valence electrons. The maximum absolute atomic E-state index is 6.31. The van der Waals surface area contributed by atoms with Crippen molar-refractivity contribution in [3.05, 3.63) is 145 Å². The Morgan fingerprint density at radius 3 is 1.49 bits per heavy atom. The van der Waals surface area contributed by atoms with Crippen LogP contribution < -0.4 is 9.47 Å². The Balaban J connectivity index is 0.00000224. The number of nitrogens with zero attached hydrogens (tertiary/aromatic N) is 6. The van der Waals surface area contributed by atoms with Gasteiger partial charge in [0.1, 0.15) is 12.7 Å². The third-order valence-corrected chi connectivity index (χ3v) is 8.21. The summed E-state index contributed by atoms with van der Waals surface area (Å²) >= 11 is 0. The van der Waals surface area contributed by atoms with Gasteiger partial charge in [-0.15, -0.1) is 71.8 Å². The SMILES string of the molecule is CCc1ccnc(-c2[c-]c(Oc3[c-]c4c(cc3)c3ccc(Oc5[c-]c(-c6cc(CC)ccn6)ccc5)[c-]c3n4-c3ncncn3)ccc2)c1.[Pd+2].[Pd+2]. The van der Waals surface area contributed by atoms with Crippen LogP contribution in [-0.4, -0.2) is 29.5 Å². The van der Waals surface area contributed by atoms with Crippen molar-refractivity contribution in [1.29, 1.82) is 0 Å². The molecule has 0 fully saturated rings. The van der Waals surface area contributed by atoms with E-state index in [2.05, 4.69) is 75.2 Å². The summed E-state index contributed by atoms with van der Waals surface area (Å²) in [5.74, 6) is 2.55. The Kier molecular flexibility index (Phi) is 11.1. The summed E-state index contributed by atoms with van der Waals surface area (Å²) in [6.45, 7) is 4.25. The van der Waals surface area contributed by atoms with Gasteiger partial charge < -0.3 is 24.0 Å². The molecule has 0 N–H and O–H groups in total. The number of aryl methyl sites for hydroxylation is 2. The Morgan fingerprint density at radius 1 is 0.549 bits per heavy atom. The van der Waals surface area contributed by atoms with Crippen LogP contribution >= 0.6 is 0 Å². The van der Waals surface area contributed by atoms with Crippen LogP contribution in [0.3, 0.4) is 0 Å². The van der Waals surface area contributed by atoms with E-state index in [9.17, 15) is 0 Å². The molecule has 10 heteroatoms. The molecule has 4 heterocycles. The number of pyridine rings is 2. The van der Waals surface area contributed by atoms with Gasteiger partial charge in [-0.25, -0.2) is 15.0 Å². The van der Waals surface area contributed by atoms with Gasteiger partial charge in [-0.1, -0.05) is 60.3 Å². The number of fused-ring (bicyclic) bond motifs is 3. The van der Waals surface area contributed by atoms with Gasteiger partial charge in [0.05, 0.1) is 0 Å². The fourth-order valence-corrected chi connectivity index (χ4v) is 5.73. The first kappa shape index (κ1) is 35.7. The van der Waals surface area contributed by atoms with Crippen molar-refractivity contribution < 1.29 is 50.3 Å². The van der Waals surface area contributed by atoms with Crippen LogP contribution in [0.2, 0.25) is 0 Å². The molecular formula is C41H28N6O2Pd2. The summed E-state index contributed by atoms with van der Waals surface area (Å²) in [5.41, 5.74) is 7.25. The van der Waals surface area contributed by atoms with Crippen LogP contribution in [0.25, 0.3) is 50.3 Å². The molecule has 8 rings (SSSR count). The van der Waals surface area contributed by atoms with Gasteiger partial charge >= 0.3 is 40.8 Å². The number of benzene rings is 4. The summed E-state index contributed by atoms with van der Waals surface area (Å²) in [7, 11) is 0. The molecule has 0 bridgehead atoms. The zero-order valence-electron chi connectivity index (χ0n) is 27.4. The average Bonchev–Trinajstić information content (AvgIpc) is 3.48. The molecule has 0 saturated heterocycles. The smallest absolute Gasteiger partial charge is 0.503 e. The second kappa shape index (κ2) is 15.9. The van der Waals surface area contributed by atoms with Crippen molar-refractivity contribution in [3.8, 4) is 51.5 Å². The normalized spacial score (nSPS) is 10.8. The number of aromatic nitrogens is 6. The van der Waals surface area contributed by atoms with Gasteiger partial charge in [0.15, 0.2) is 0 Å². The molecule has 4 aromatic heterocycles. The molecule has 8 nitrogen and oxygen atoms in total. The molecule has 0 radical (unpaired) electrons. The number of ether oxygens (including phenoxy) is 2. The minimum Gasteiger partial charge on any atom is -0.503 e. The van der Waals surface area contributed by atoms with Crippen molar-refractivity contribution >= 4 is 21.8 Å². The van der Waals surface area contributed by atoms with Crippen LogP contribution in [0.4, 0.5) is 0 Å². The van der Waals surface area contributed by atoms with E-state index in [1.807, 2.05) is 89.8 Å². The molecule has 0 unspecified atom stereocenters. The molecule has 0 aliphatic heterocycles. The summed E-state index contributed by atoms with van der Waals surface area (Å²) in [6.07, 6.45) is 8.43. The predicted octanol–water partition coefficient (Wildman–Crippen LogP) is 9.00. The van der Waals surface area contributed by atoms with E-state index in [0.29, 0.717) is 28.9 Å². The second-order valence-electron chi connectivity index (χ2n) is 11.3. The van der Waals surface area contributed by atoms with Crippen LogP contribution in [0.5, 0.6) is 23.0 Å². The van der Waals surface area contributed by atoms with Crippen LogP contribution in [-0.2, 0) is 53.7 Å². The molecule has 0 saturated carbocycles. The largest absolute Gasteiger partial charge is 2.00 e. The standard InChI is InChI=1S/C41H28N6O2.2Pd/c1-3-27-15-17-43-37(19-27)29-7-5-9-31(21-29)48-33-11-13-35-36-14-12-34(24-40(36)47(39(35)23-33)41-45-25-42-26-46-41)49-32-10-6-8-30(22-32)38-20-28(4-2)16-18-44-38;;/h5-20,25-26H,3-4H2,1-2H3;;/q-4;2*+2. The first-order valence-electron chi connectivity index (χ1n) is 16.0. The molecular weight excluding hydrogens is 821 g/mol. The van der Waals surface area contributed by atoms with E-state index in [0.717, 1.165) is 57.2 Å².